The molecule has 1 aromatic carbocycles. The maximum absolute atomic E-state index is 5.90. The fourth-order valence-electron chi connectivity index (χ4n) is 2.23. The molecule has 24 heavy (non-hydrogen) atoms. The third-order valence-electron chi connectivity index (χ3n) is 3.42. The molecule has 126 valence electrons. The Balaban J connectivity index is 1.63. The van der Waals surface area contributed by atoms with Crippen LogP contribution in [0.15, 0.2) is 45.8 Å². The molecule has 0 saturated carbocycles. The molecule has 0 aliphatic rings. The standard InChI is InChI=1S/C17H20N4O2S/c1-18-17(19-9-10-22-2)20-11-12-7-8-14(23-12)16-21-13-5-3-4-6-15(13)24-16/h3-8H,9-11H2,1-2H3,(H2,18,19,20). The van der Waals surface area contributed by atoms with Crippen molar-refractivity contribution in [2.24, 2.45) is 4.99 Å². The highest BCUT2D eigenvalue weighted by molar-refractivity contribution is 7.21. The second-order valence-electron chi connectivity index (χ2n) is 5.10. The number of benzene rings is 1. The minimum atomic E-state index is 0.553. The summed E-state index contributed by atoms with van der Waals surface area (Å²) in [4.78, 5) is 8.77. The number of aliphatic imine (C=N–C) groups is 1. The first-order chi connectivity index (χ1) is 11.8. The first-order valence-corrected chi connectivity index (χ1v) is 8.50. The Labute approximate surface area is 144 Å². The second kappa shape index (κ2) is 7.94. The molecule has 3 aromatic rings. The van der Waals surface area contributed by atoms with Crippen LogP contribution < -0.4 is 10.6 Å². The molecule has 6 nitrogen and oxygen atoms in total. The molecule has 3 rings (SSSR count). The largest absolute Gasteiger partial charge is 0.457 e. The zero-order chi connectivity index (χ0) is 16.8. The van der Waals surface area contributed by atoms with Gasteiger partial charge in [-0.05, 0) is 24.3 Å². The number of ether oxygens (including phenoxy) is 1. The summed E-state index contributed by atoms with van der Waals surface area (Å²) in [5, 5.41) is 7.26. The quantitative estimate of drug-likeness (QED) is 0.409. The first-order valence-electron chi connectivity index (χ1n) is 7.68. The maximum Gasteiger partial charge on any atom is 0.191 e. The van der Waals surface area contributed by atoms with Gasteiger partial charge in [-0.1, -0.05) is 12.1 Å². The summed E-state index contributed by atoms with van der Waals surface area (Å²) in [5.41, 5.74) is 0.997. The van der Waals surface area contributed by atoms with Gasteiger partial charge in [-0.2, -0.15) is 0 Å². The van der Waals surface area contributed by atoms with Gasteiger partial charge < -0.3 is 19.8 Å². The third kappa shape index (κ3) is 3.93. The highest BCUT2D eigenvalue weighted by Gasteiger charge is 2.10. The smallest absolute Gasteiger partial charge is 0.191 e. The van der Waals surface area contributed by atoms with Crippen LogP contribution in [0.25, 0.3) is 21.0 Å². The number of hydrogen-bond acceptors (Lipinski definition) is 5. The van der Waals surface area contributed by atoms with E-state index in [1.165, 1.54) is 0 Å². The number of rotatable bonds is 6. The van der Waals surface area contributed by atoms with E-state index in [4.69, 9.17) is 9.15 Å². The molecule has 2 N–H and O–H groups in total. The normalized spacial score (nSPS) is 11.8. The van der Waals surface area contributed by atoms with E-state index in [-0.39, 0.29) is 0 Å². The lowest BCUT2D eigenvalue weighted by molar-refractivity contribution is 0.203. The third-order valence-corrected chi connectivity index (χ3v) is 4.47. The maximum atomic E-state index is 5.90. The Morgan fingerprint density at radius 1 is 1.25 bits per heavy atom. The minimum Gasteiger partial charge on any atom is -0.457 e. The van der Waals surface area contributed by atoms with Gasteiger partial charge in [-0.15, -0.1) is 11.3 Å². The molecule has 0 fully saturated rings. The Hall–Kier alpha value is -2.38. The number of nitrogens with one attached hydrogen (secondary N) is 2. The van der Waals surface area contributed by atoms with Crippen LogP contribution >= 0.6 is 11.3 Å². The molecule has 0 bridgehead atoms. The Morgan fingerprint density at radius 3 is 2.92 bits per heavy atom. The van der Waals surface area contributed by atoms with Crippen LogP contribution in [0.4, 0.5) is 0 Å². The van der Waals surface area contributed by atoms with E-state index in [2.05, 4.69) is 26.7 Å². The molecule has 0 unspecified atom stereocenters. The summed E-state index contributed by atoms with van der Waals surface area (Å²) < 4.78 is 12.1. The molecule has 0 amide bonds. The van der Waals surface area contributed by atoms with Gasteiger partial charge in [0.1, 0.15) is 5.76 Å². The van der Waals surface area contributed by atoms with Crippen LogP contribution in [0.1, 0.15) is 5.76 Å². The van der Waals surface area contributed by atoms with Gasteiger partial charge in [-0.25, -0.2) is 4.98 Å². The predicted octanol–water partition coefficient (Wildman–Crippen LogP) is 2.87. The molecule has 0 spiro atoms. The van der Waals surface area contributed by atoms with E-state index in [9.17, 15) is 0 Å². The van der Waals surface area contributed by atoms with Crippen molar-refractivity contribution in [1.29, 1.82) is 0 Å². The van der Waals surface area contributed by atoms with Gasteiger partial charge in [0.25, 0.3) is 0 Å². The molecule has 0 atom stereocenters. The molecule has 0 aliphatic heterocycles. The van der Waals surface area contributed by atoms with E-state index in [0.29, 0.717) is 25.7 Å². The van der Waals surface area contributed by atoms with E-state index in [1.54, 1.807) is 25.5 Å². The fraction of sp³-hybridized carbons (Fsp3) is 0.294. The lowest BCUT2D eigenvalue weighted by Gasteiger charge is -2.10. The summed E-state index contributed by atoms with van der Waals surface area (Å²) in [5.74, 6) is 2.33. The zero-order valence-electron chi connectivity index (χ0n) is 13.7. The molecule has 7 heteroatoms. The number of aromatic nitrogens is 1. The van der Waals surface area contributed by atoms with E-state index < -0.39 is 0 Å². The van der Waals surface area contributed by atoms with Crippen molar-refractivity contribution < 1.29 is 9.15 Å². The highest BCUT2D eigenvalue weighted by Crippen LogP contribution is 2.30. The van der Waals surface area contributed by atoms with Gasteiger partial charge in [0, 0.05) is 20.7 Å². The van der Waals surface area contributed by atoms with Crippen molar-refractivity contribution >= 4 is 27.5 Å². The van der Waals surface area contributed by atoms with Crippen LogP contribution in [0.2, 0.25) is 0 Å². The van der Waals surface area contributed by atoms with Crippen LogP contribution in [0, 0.1) is 0 Å². The van der Waals surface area contributed by atoms with Crippen molar-refractivity contribution in [3.05, 3.63) is 42.2 Å². The average molecular weight is 344 g/mol. The van der Waals surface area contributed by atoms with Crippen LogP contribution in [-0.4, -0.2) is 38.3 Å². The molecule has 0 saturated heterocycles. The Kier molecular flexibility index (Phi) is 5.45. The fourth-order valence-corrected chi connectivity index (χ4v) is 3.16. The summed E-state index contributed by atoms with van der Waals surface area (Å²) in [6.45, 7) is 1.88. The molecule has 0 aliphatic carbocycles. The van der Waals surface area contributed by atoms with Crippen molar-refractivity contribution in [3.63, 3.8) is 0 Å². The molecule has 0 radical (unpaired) electrons. The number of thiazole rings is 1. The summed E-state index contributed by atoms with van der Waals surface area (Å²) in [7, 11) is 3.40. The number of nitrogens with zero attached hydrogens (tertiary/aromatic N) is 2. The number of hydrogen-bond donors (Lipinski definition) is 2. The van der Waals surface area contributed by atoms with Gasteiger partial charge in [0.15, 0.2) is 16.7 Å². The predicted molar refractivity (Wildman–Crippen MR) is 97.4 cm³/mol. The Bertz CT molecular complexity index is 792. The second-order valence-corrected chi connectivity index (χ2v) is 6.13. The van der Waals surface area contributed by atoms with Gasteiger partial charge in [0.05, 0.1) is 23.4 Å². The highest BCUT2D eigenvalue weighted by atomic mass is 32.1. The monoisotopic (exact) mass is 344 g/mol. The lowest BCUT2D eigenvalue weighted by Crippen LogP contribution is -2.38. The molecular formula is C17H20N4O2S. The number of furan rings is 1. The van der Waals surface area contributed by atoms with E-state index in [1.807, 2.05) is 30.3 Å². The Morgan fingerprint density at radius 2 is 2.12 bits per heavy atom. The topological polar surface area (TPSA) is 71.7 Å². The van der Waals surface area contributed by atoms with Gasteiger partial charge in [0.2, 0.25) is 0 Å². The van der Waals surface area contributed by atoms with Crippen molar-refractivity contribution in [2.45, 2.75) is 6.54 Å². The van der Waals surface area contributed by atoms with E-state index >= 15 is 0 Å². The zero-order valence-corrected chi connectivity index (χ0v) is 14.5. The van der Waals surface area contributed by atoms with Crippen LogP contribution in [0.5, 0.6) is 0 Å². The van der Waals surface area contributed by atoms with Crippen LogP contribution in [-0.2, 0) is 11.3 Å². The van der Waals surface area contributed by atoms with Gasteiger partial charge in [-0.3, -0.25) is 4.99 Å². The number of para-hydroxylation sites is 1. The summed E-state index contributed by atoms with van der Waals surface area (Å²) in [6.07, 6.45) is 0. The van der Waals surface area contributed by atoms with Crippen molar-refractivity contribution in [1.82, 2.24) is 15.6 Å². The first kappa shape index (κ1) is 16.5. The van der Waals surface area contributed by atoms with Gasteiger partial charge >= 0.3 is 0 Å². The summed E-state index contributed by atoms with van der Waals surface area (Å²) in [6, 6.07) is 12.0. The molecule has 2 aromatic heterocycles. The summed E-state index contributed by atoms with van der Waals surface area (Å²) >= 11 is 1.63. The van der Waals surface area contributed by atoms with Crippen LogP contribution in [0.3, 0.4) is 0 Å². The SMILES string of the molecule is CN=C(NCCOC)NCc1ccc(-c2nc3ccccc3s2)o1. The number of fused-ring (bicyclic) bond motifs is 1. The van der Waals surface area contributed by atoms with E-state index in [0.717, 1.165) is 26.7 Å². The van der Waals surface area contributed by atoms with Crippen molar-refractivity contribution in [2.75, 3.05) is 27.3 Å². The molecule has 2 heterocycles. The van der Waals surface area contributed by atoms with Crippen molar-refractivity contribution in [3.8, 4) is 10.8 Å². The molecular weight excluding hydrogens is 324 g/mol. The number of guanidine groups is 1. The lowest BCUT2D eigenvalue weighted by atomic mass is 10.3. The number of methoxy groups -OCH3 is 1. The minimum absolute atomic E-state index is 0.553. The average Bonchev–Trinajstić information content (AvgIpc) is 3.24.